The molecule has 38 heavy (non-hydrogen) atoms. The number of anilines is 3. The van der Waals surface area contributed by atoms with Crippen LogP contribution in [0.5, 0.6) is 0 Å². The lowest BCUT2D eigenvalue weighted by atomic mass is 9.79. The second-order valence-corrected chi connectivity index (χ2v) is 11.0. The molecule has 2 aliphatic heterocycles. The van der Waals surface area contributed by atoms with E-state index in [4.69, 9.17) is 14.7 Å². The van der Waals surface area contributed by atoms with Crippen molar-refractivity contribution >= 4 is 42.1 Å². The van der Waals surface area contributed by atoms with Gasteiger partial charge in [0, 0.05) is 37.9 Å². The molecule has 1 aromatic heterocycles. The highest BCUT2D eigenvalue weighted by atomic mass is 16.7. The number of urea groups is 1. The van der Waals surface area contributed by atoms with Crippen LogP contribution < -0.4 is 25.5 Å². The van der Waals surface area contributed by atoms with Crippen LogP contribution in [0.3, 0.4) is 0 Å². The topological polar surface area (TPSA) is 94.0 Å². The molecule has 0 spiro atoms. The Morgan fingerprint density at radius 1 is 1.00 bits per heavy atom. The third kappa shape index (κ3) is 5.81. The number of carbonyl (C=O) groups is 1. The van der Waals surface area contributed by atoms with Crippen molar-refractivity contribution < 1.29 is 14.1 Å². The first kappa shape index (κ1) is 27.9. The highest BCUT2D eigenvalue weighted by molar-refractivity contribution is 6.62. The molecule has 0 atom stereocenters. The number of amides is 2. The first-order chi connectivity index (χ1) is 18.1. The van der Waals surface area contributed by atoms with Gasteiger partial charge in [0.2, 0.25) is 0 Å². The van der Waals surface area contributed by atoms with Crippen LogP contribution in [0.2, 0.25) is 0 Å². The van der Waals surface area contributed by atoms with Crippen LogP contribution in [0.15, 0.2) is 42.6 Å². The van der Waals surface area contributed by atoms with Crippen LogP contribution >= 0.6 is 0 Å². The number of carbonyl (C=O) groups excluding carboxylic acids is 1. The van der Waals surface area contributed by atoms with E-state index in [-0.39, 0.29) is 30.4 Å². The molecule has 2 aliphatic rings. The minimum atomic E-state index is -0.351. The summed E-state index contributed by atoms with van der Waals surface area (Å²) in [5.41, 5.74) is 2.52. The van der Waals surface area contributed by atoms with Crippen LogP contribution in [-0.2, 0) is 9.31 Å². The molecular weight excluding hydrogens is 479 g/mol. The van der Waals surface area contributed by atoms with Gasteiger partial charge in [-0.1, -0.05) is 26.0 Å². The number of hydrogen-bond donors (Lipinski definition) is 2. The minimum absolute atomic E-state index is 0.0837. The van der Waals surface area contributed by atoms with Crippen molar-refractivity contribution in [2.45, 2.75) is 71.6 Å². The van der Waals surface area contributed by atoms with Gasteiger partial charge in [0.1, 0.15) is 5.82 Å². The summed E-state index contributed by atoms with van der Waals surface area (Å²) < 4.78 is 12.4. The number of aromatic nitrogens is 1. The highest BCUT2D eigenvalue weighted by Gasteiger charge is 2.51. The van der Waals surface area contributed by atoms with Gasteiger partial charge >= 0.3 is 13.1 Å². The minimum Gasteiger partial charge on any atom is -0.399 e. The van der Waals surface area contributed by atoms with Crippen molar-refractivity contribution in [1.82, 2.24) is 10.3 Å². The van der Waals surface area contributed by atoms with Crippen molar-refractivity contribution in [1.29, 1.82) is 5.41 Å². The van der Waals surface area contributed by atoms with Crippen molar-refractivity contribution in [3.63, 3.8) is 0 Å². The van der Waals surface area contributed by atoms with Crippen LogP contribution in [0.1, 0.15) is 54.4 Å². The smallest absolute Gasteiger partial charge is 0.399 e. The van der Waals surface area contributed by atoms with Gasteiger partial charge in [-0.3, -0.25) is 5.41 Å². The lowest BCUT2D eigenvalue weighted by Gasteiger charge is -2.37. The molecule has 3 heterocycles. The Kier molecular flexibility index (Phi) is 8.32. The van der Waals surface area contributed by atoms with E-state index in [0.29, 0.717) is 5.82 Å². The number of piperazine rings is 1. The van der Waals surface area contributed by atoms with Crippen molar-refractivity contribution in [2.24, 2.45) is 0 Å². The van der Waals surface area contributed by atoms with Crippen LogP contribution in [0.4, 0.5) is 22.0 Å². The van der Waals surface area contributed by atoms with Crippen molar-refractivity contribution in [3.05, 3.63) is 42.6 Å². The fraction of sp³-hybridized carbons (Fsp3) is 0.536. The quantitative estimate of drug-likeness (QED) is 0.310. The Morgan fingerprint density at radius 3 is 2.00 bits per heavy atom. The first-order valence-corrected chi connectivity index (χ1v) is 13.6. The molecule has 0 saturated carbocycles. The average Bonchev–Trinajstić information content (AvgIpc) is 3.14. The Balaban J connectivity index is 1.33. The van der Waals surface area contributed by atoms with E-state index < -0.39 is 0 Å². The molecule has 9 nitrogen and oxygen atoms in total. The average molecular weight is 520 g/mol. The summed E-state index contributed by atoms with van der Waals surface area (Å²) in [7, 11) is -0.351. The fourth-order valence-electron chi connectivity index (χ4n) is 4.72. The first-order valence-electron chi connectivity index (χ1n) is 13.6. The standard InChI is InChI=1S/C28H41BN6O3/c1-7-22(8-2)32-26(36)35(20-30)25-14-13-24(19-31-25)34-17-15-33(16-18-34)23-11-9-21(10-12-23)29-37-27(3,4)28(5,6)38-29/h9-14,19-20,22,30H,7-8,15-18H2,1-6H3,(H,32,36). The Morgan fingerprint density at radius 2 is 1.53 bits per heavy atom. The fourth-order valence-corrected chi connectivity index (χ4v) is 4.72. The Hall–Kier alpha value is -3.11. The normalized spacial score (nSPS) is 18.6. The van der Waals surface area contributed by atoms with Gasteiger partial charge < -0.3 is 24.4 Å². The number of pyridine rings is 1. The summed E-state index contributed by atoms with van der Waals surface area (Å²) in [6, 6.07) is 12.0. The third-order valence-corrected chi connectivity index (χ3v) is 8.07. The maximum Gasteiger partial charge on any atom is 0.494 e. The molecule has 204 valence electrons. The third-order valence-electron chi connectivity index (χ3n) is 8.07. The molecule has 2 saturated heterocycles. The van der Waals surface area contributed by atoms with Gasteiger partial charge in [-0.15, -0.1) is 0 Å². The van der Waals surface area contributed by atoms with E-state index in [1.54, 1.807) is 12.3 Å². The Labute approximate surface area is 227 Å². The largest absolute Gasteiger partial charge is 0.494 e. The summed E-state index contributed by atoms with van der Waals surface area (Å²) in [6.07, 6.45) is 4.48. The van der Waals surface area contributed by atoms with E-state index in [1.165, 1.54) is 10.6 Å². The molecule has 4 rings (SSSR count). The summed E-state index contributed by atoms with van der Waals surface area (Å²) in [6.45, 7) is 15.9. The van der Waals surface area contributed by atoms with Gasteiger partial charge in [-0.2, -0.15) is 0 Å². The molecule has 1 aromatic carbocycles. The van der Waals surface area contributed by atoms with Crippen LogP contribution in [-0.4, -0.2) is 67.9 Å². The summed E-state index contributed by atoms with van der Waals surface area (Å²) in [5.74, 6) is 0.438. The van der Waals surface area contributed by atoms with Crippen molar-refractivity contribution in [2.75, 3.05) is 40.9 Å². The lowest BCUT2D eigenvalue weighted by Crippen LogP contribution is -2.47. The molecule has 0 radical (unpaired) electrons. The van der Waals surface area contributed by atoms with Gasteiger partial charge in [0.25, 0.3) is 0 Å². The Bertz CT molecular complexity index is 1080. The zero-order valence-electron chi connectivity index (χ0n) is 23.5. The molecule has 2 fully saturated rings. The lowest BCUT2D eigenvalue weighted by molar-refractivity contribution is 0.00578. The second-order valence-electron chi connectivity index (χ2n) is 11.0. The summed E-state index contributed by atoms with van der Waals surface area (Å²) in [5, 5.41) is 10.7. The maximum absolute atomic E-state index is 12.6. The predicted molar refractivity (Wildman–Crippen MR) is 155 cm³/mol. The van der Waals surface area contributed by atoms with Gasteiger partial charge in [-0.05, 0) is 70.3 Å². The molecule has 0 aliphatic carbocycles. The zero-order valence-corrected chi connectivity index (χ0v) is 23.5. The second kappa shape index (κ2) is 11.3. The van der Waals surface area contributed by atoms with E-state index in [1.807, 2.05) is 19.9 Å². The summed E-state index contributed by atoms with van der Waals surface area (Å²) in [4.78, 5) is 23.0. The number of nitrogens with one attached hydrogen (secondary N) is 2. The number of nitrogens with zero attached hydrogens (tertiary/aromatic N) is 4. The van der Waals surface area contributed by atoms with E-state index >= 15 is 0 Å². The van der Waals surface area contributed by atoms with Gasteiger partial charge in [0.15, 0.2) is 0 Å². The molecule has 2 aromatic rings. The van der Waals surface area contributed by atoms with E-state index in [2.05, 4.69) is 72.1 Å². The predicted octanol–water partition coefficient (Wildman–Crippen LogP) is 4.02. The molecule has 2 N–H and O–H groups in total. The summed E-state index contributed by atoms with van der Waals surface area (Å²) >= 11 is 0. The highest BCUT2D eigenvalue weighted by Crippen LogP contribution is 2.36. The number of rotatable bonds is 8. The van der Waals surface area contributed by atoms with E-state index in [9.17, 15) is 4.79 Å². The number of benzene rings is 1. The molecule has 2 amide bonds. The SMILES string of the molecule is CCC(CC)NC(=O)N(C=N)c1ccc(N2CCN(c3ccc(B4OC(C)(C)C(C)(C)O4)cc3)CC2)cn1. The molecule has 0 unspecified atom stereocenters. The molecular formula is C28H41BN6O3. The van der Waals surface area contributed by atoms with E-state index in [0.717, 1.165) is 56.5 Å². The number of hydrogen-bond acceptors (Lipinski definition) is 7. The van der Waals surface area contributed by atoms with Gasteiger partial charge in [0.05, 0.1) is 29.4 Å². The van der Waals surface area contributed by atoms with Crippen LogP contribution in [0.25, 0.3) is 0 Å². The monoisotopic (exact) mass is 520 g/mol. The molecule has 10 heteroatoms. The van der Waals surface area contributed by atoms with Crippen LogP contribution in [0, 0.1) is 5.41 Å². The maximum atomic E-state index is 12.6. The van der Waals surface area contributed by atoms with Crippen molar-refractivity contribution in [3.8, 4) is 0 Å². The zero-order chi connectivity index (χ0) is 27.5. The molecule has 0 bridgehead atoms. The van der Waals surface area contributed by atoms with Gasteiger partial charge in [-0.25, -0.2) is 14.7 Å².